The molecule has 196 valence electrons. The summed E-state index contributed by atoms with van der Waals surface area (Å²) in [4.78, 5) is 0. The predicted octanol–water partition coefficient (Wildman–Crippen LogP) is 9.00. The lowest BCUT2D eigenvalue weighted by Gasteiger charge is -2.18. The van der Waals surface area contributed by atoms with Gasteiger partial charge >= 0.3 is 6.18 Å². The van der Waals surface area contributed by atoms with Crippen LogP contribution in [0.1, 0.15) is 63.1 Å². The van der Waals surface area contributed by atoms with E-state index in [-0.39, 0.29) is 12.0 Å². The number of rotatable bonds is 12. The Morgan fingerprint density at radius 3 is 2.27 bits per heavy atom. The fourth-order valence-corrected chi connectivity index (χ4v) is 4.04. The van der Waals surface area contributed by atoms with E-state index in [2.05, 4.69) is 6.07 Å². The van der Waals surface area contributed by atoms with E-state index in [0.29, 0.717) is 35.7 Å². The van der Waals surface area contributed by atoms with Gasteiger partial charge in [-0.3, -0.25) is 0 Å². The zero-order chi connectivity index (χ0) is 26.9. The van der Waals surface area contributed by atoms with Gasteiger partial charge in [0.1, 0.15) is 18.1 Å². The summed E-state index contributed by atoms with van der Waals surface area (Å²) in [5, 5.41) is 9.16. The van der Waals surface area contributed by atoms with Crippen molar-refractivity contribution in [3.8, 4) is 28.7 Å². The first-order chi connectivity index (χ1) is 17.6. The normalized spacial score (nSPS) is 11.7. The third kappa shape index (κ3) is 8.28. The van der Waals surface area contributed by atoms with Crippen molar-refractivity contribution in [3.05, 3.63) is 83.4 Å². The molecule has 0 saturated carbocycles. The average Bonchev–Trinajstić information content (AvgIpc) is 2.89. The van der Waals surface area contributed by atoms with E-state index in [1.807, 2.05) is 57.2 Å². The van der Waals surface area contributed by atoms with Gasteiger partial charge in [0.2, 0.25) is 0 Å². The Morgan fingerprint density at radius 1 is 0.838 bits per heavy atom. The van der Waals surface area contributed by atoms with Crippen molar-refractivity contribution in [2.75, 3.05) is 6.61 Å². The van der Waals surface area contributed by atoms with Gasteiger partial charge in [0.05, 0.1) is 23.7 Å². The molecular formula is C31H34F3NO2. The minimum Gasteiger partial charge on any atom is -0.493 e. The lowest BCUT2D eigenvalue weighted by Crippen LogP contribution is -2.08. The second kappa shape index (κ2) is 12.7. The molecule has 0 aliphatic heterocycles. The highest BCUT2D eigenvalue weighted by Crippen LogP contribution is 2.39. The second-order valence-corrected chi connectivity index (χ2v) is 9.82. The highest BCUT2D eigenvalue weighted by molar-refractivity contribution is 5.73. The van der Waals surface area contributed by atoms with Crippen molar-refractivity contribution in [1.29, 1.82) is 5.26 Å². The minimum absolute atomic E-state index is 0.284. The molecule has 0 aromatic heterocycles. The van der Waals surface area contributed by atoms with Crippen LogP contribution in [0, 0.1) is 16.7 Å². The number of unbranched alkanes of at least 4 members (excludes halogenated alkanes) is 2. The number of alkyl halides is 3. The van der Waals surface area contributed by atoms with Gasteiger partial charge in [-0.15, -0.1) is 0 Å². The topological polar surface area (TPSA) is 42.2 Å². The van der Waals surface area contributed by atoms with Crippen molar-refractivity contribution < 1.29 is 22.6 Å². The third-order valence-corrected chi connectivity index (χ3v) is 6.29. The number of aryl methyl sites for hydroxylation is 1. The van der Waals surface area contributed by atoms with E-state index >= 15 is 0 Å². The molecule has 0 atom stereocenters. The van der Waals surface area contributed by atoms with Crippen LogP contribution >= 0.6 is 0 Å². The summed E-state index contributed by atoms with van der Waals surface area (Å²) in [5.74, 6) is 1.16. The van der Waals surface area contributed by atoms with Crippen LogP contribution in [0.5, 0.6) is 11.5 Å². The number of halogens is 3. The summed E-state index contributed by atoms with van der Waals surface area (Å²) in [6, 6.07) is 21.0. The standard InChI is InChI=1S/C31H34F3NO2/c1-4-24-19-27(25-14-11-15-26(18-25)31(32,33)34)29(37-21-23-12-7-5-8-13-23)20-28(24)36-17-10-6-9-16-30(2,3)22-35/h5,7-8,11-15,18-20H,4,6,9-10,16-17,21H2,1-3H3. The maximum atomic E-state index is 13.4. The molecule has 3 aromatic rings. The Labute approximate surface area is 217 Å². The molecule has 0 fully saturated rings. The van der Waals surface area contributed by atoms with Crippen molar-refractivity contribution >= 4 is 0 Å². The zero-order valence-electron chi connectivity index (χ0n) is 21.7. The SMILES string of the molecule is CCc1cc(-c2cccc(C(F)(F)F)c2)c(OCc2ccccc2)cc1OCCCCCC(C)(C)C#N. The van der Waals surface area contributed by atoms with Crippen molar-refractivity contribution in [2.24, 2.45) is 5.41 Å². The molecule has 0 aliphatic rings. The molecular weight excluding hydrogens is 475 g/mol. The van der Waals surface area contributed by atoms with Gasteiger partial charge in [0.25, 0.3) is 0 Å². The van der Waals surface area contributed by atoms with Crippen LogP contribution in [0.2, 0.25) is 0 Å². The molecule has 0 radical (unpaired) electrons. The molecule has 0 N–H and O–H groups in total. The largest absolute Gasteiger partial charge is 0.493 e. The molecule has 3 aromatic carbocycles. The Kier molecular flexibility index (Phi) is 9.63. The van der Waals surface area contributed by atoms with E-state index in [4.69, 9.17) is 14.7 Å². The van der Waals surface area contributed by atoms with E-state index < -0.39 is 11.7 Å². The third-order valence-electron chi connectivity index (χ3n) is 6.29. The number of ether oxygens (including phenoxy) is 2. The van der Waals surface area contributed by atoms with E-state index in [1.165, 1.54) is 6.07 Å². The van der Waals surface area contributed by atoms with E-state index in [1.54, 1.807) is 12.1 Å². The summed E-state index contributed by atoms with van der Waals surface area (Å²) in [6.07, 6.45) is -0.180. The minimum atomic E-state index is -4.43. The summed E-state index contributed by atoms with van der Waals surface area (Å²) in [5.41, 5.74) is 1.89. The summed E-state index contributed by atoms with van der Waals surface area (Å²) in [7, 11) is 0. The lowest BCUT2D eigenvalue weighted by atomic mass is 9.89. The van der Waals surface area contributed by atoms with Crippen LogP contribution in [0.15, 0.2) is 66.7 Å². The van der Waals surface area contributed by atoms with Gasteiger partial charge in [0, 0.05) is 11.6 Å². The van der Waals surface area contributed by atoms with Gasteiger partial charge in [-0.1, -0.05) is 62.2 Å². The maximum absolute atomic E-state index is 13.4. The predicted molar refractivity (Wildman–Crippen MR) is 140 cm³/mol. The molecule has 0 aliphatic carbocycles. The first kappa shape index (κ1) is 28.1. The fourth-order valence-electron chi connectivity index (χ4n) is 4.04. The zero-order valence-corrected chi connectivity index (χ0v) is 21.7. The van der Waals surface area contributed by atoms with E-state index in [9.17, 15) is 13.2 Å². The molecule has 0 unspecified atom stereocenters. The first-order valence-electron chi connectivity index (χ1n) is 12.7. The quantitative estimate of drug-likeness (QED) is 0.229. The van der Waals surface area contributed by atoms with Crippen LogP contribution in [0.4, 0.5) is 13.2 Å². The Hall–Kier alpha value is -3.46. The van der Waals surface area contributed by atoms with Crippen LogP contribution in [-0.2, 0) is 19.2 Å². The fraction of sp³-hybridized carbons (Fsp3) is 0.387. The highest BCUT2D eigenvalue weighted by Gasteiger charge is 2.30. The summed E-state index contributed by atoms with van der Waals surface area (Å²) in [6.45, 7) is 6.68. The van der Waals surface area contributed by atoms with Gasteiger partial charge in [-0.05, 0) is 68.0 Å². The molecule has 0 heterocycles. The van der Waals surface area contributed by atoms with Gasteiger partial charge in [-0.2, -0.15) is 18.4 Å². The van der Waals surface area contributed by atoms with Crippen molar-refractivity contribution in [1.82, 2.24) is 0 Å². The average molecular weight is 510 g/mol. The molecule has 3 rings (SSSR count). The Bertz CT molecular complexity index is 1200. The molecule has 0 amide bonds. The van der Waals surface area contributed by atoms with Gasteiger partial charge in [-0.25, -0.2) is 0 Å². The summed E-state index contributed by atoms with van der Waals surface area (Å²) < 4.78 is 52.5. The number of nitrogens with zero attached hydrogens (tertiary/aromatic N) is 1. The van der Waals surface area contributed by atoms with Crippen molar-refractivity contribution in [3.63, 3.8) is 0 Å². The number of hydrogen-bond acceptors (Lipinski definition) is 3. The number of hydrogen-bond donors (Lipinski definition) is 0. The number of nitriles is 1. The first-order valence-corrected chi connectivity index (χ1v) is 12.7. The summed E-state index contributed by atoms with van der Waals surface area (Å²) >= 11 is 0. The molecule has 0 saturated heterocycles. The Morgan fingerprint density at radius 2 is 1.59 bits per heavy atom. The molecule has 0 bridgehead atoms. The van der Waals surface area contributed by atoms with Crippen LogP contribution in [-0.4, -0.2) is 6.61 Å². The monoisotopic (exact) mass is 509 g/mol. The maximum Gasteiger partial charge on any atom is 0.416 e. The highest BCUT2D eigenvalue weighted by atomic mass is 19.4. The van der Waals surface area contributed by atoms with Crippen LogP contribution in [0.25, 0.3) is 11.1 Å². The van der Waals surface area contributed by atoms with Gasteiger partial charge in [0.15, 0.2) is 0 Å². The van der Waals surface area contributed by atoms with Gasteiger partial charge < -0.3 is 9.47 Å². The van der Waals surface area contributed by atoms with E-state index in [0.717, 1.165) is 48.9 Å². The molecule has 3 nitrogen and oxygen atoms in total. The van der Waals surface area contributed by atoms with Crippen molar-refractivity contribution in [2.45, 2.75) is 65.7 Å². The van der Waals surface area contributed by atoms with Crippen LogP contribution < -0.4 is 9.47 Å². The number of benzene rings is 3. The van der Waals surface area contributed by atoms with Crippen LogP contribution in [0.3, 0.4) is 0 Å². The molecule has 37 heavy (non-hydrogen) atoms. The molecule has 6 heteroatoms. The molecule has 0 spiro atoms. The lowest BCUT2D eigenvalue weighted by molar-refractivity contribution is -0.137. The second-order valence-electron chi connectivity index (χ2n) is 9.82. The Balaban J connectivity index is 1.83. The smallest absolute Gasteiger partial charge is 0.416 e.